The third-order valence-corrected chi connectivity index (χ3v) is 3.28. The van der Waals surface area contributed by atoms with Gasteiger partial charge in [0.1, 0.15) is 0 Å². The predicted octanol–water partition coefficient (Wildman–Crippen LogP) is -1.01. The molecule has 0 bridgehead atoms. The van der Waals surface area contributed by atoms with E-state index in [0.717, 1.165) is 18.7 Å². The highest BCUT2D eigenvalue weighted by Gasteiger charge is 2.26. The molecular formula is C12H17N5O2. The van der Waals surface area contributed by atoms with Gasteiger partial charge in [-0.25, -0.2) is 5.84 Å². The molecule has 7 heteroatoms. The minimum Gasteiger partial charge on any atom is -0.369 e. The van der Waals surface area contributed by atoms with E-state index in [-0.39, 0.29) is 17.7 Å². The van der Waals surface area contributed by atoms with Crippen LogP contribution in [0.4, 0.5) is 0 Å². The summed E-state index contributed by atoms with van der Waals surface area (Å²) in [5.41, 5.74) is 8.60. The molecule has 1 aliphatic rings. The zero-order valence-electron chi connectivity index (χ0n) is 10.5. The molecule has 1 aliphatic heterocycles. The summed E-state index contributed by atoms with van der Waals surface area (Å²) in [7, 11) is 0. The summed E-state index contributed by atoms with van der Waals surface area (Å²) in [5.74, 6) is 4.36. The highest BCUT2D eigenvalue weighted by atomic mass is 16.2. The second kappa shape index (κ2) is 5.77. The smallest absolute Gasteiger partial charge is 0.266 e. The number of hydrogen-bond acceptors (Lipinski definition) is 5. The molecule has 0 aromatic carbocycles. The van der Waals surface area contributed by atoms with Crippen molar-refractivity contribution in [3.8, 4) is 0 Å². The highest BCUT2D eigenvalue weighted by Crippen LogP contribution is 2.17. The Balaban J connectivity index is 1.93. The first-order valence-corrected chi connectivity index (χ1v) is 6.07. The lowest BCUT2D eigenvalue weighted by molar-refractivity contribution is -0.121. The number of nitrogens with one attached hydrogen (secondary N) is 1. The summed E-state index contributed by atoms with van der Waals surface area (Å²) in [6.45, 7) is 2.15. The number of carbonyl (C=O) groups is 2. The van der Waals surface area contributed by atoms with Crippen molar-refractivity contribution in [2.45, 2.75) is 13.0 Å². The molecule has 0 radical (unpaired) electrons. The minimum absolute atomic E-state index is 0.0673. The van der Waals surface area contributed by atoms with Gasteiger partial charge in [0.05, 0.1) is 17.2 Å². The normalized spacial score (nSPS) is 19.3. The van der Waals surface area contributed by atoms with E-state index in [2.05, 4.69) is 15.3 Å². The molecule has 0 aliphatic carbocycles. The zero-order chi connectivity index (χ0) is 13.8. The lowest BCUT2D eigenvalue weighted by Crippen LogP contribution is -2.30. The predicted molar refractivity (Wildman–Crippen MR) is 68.5 cm³/mol. The van der Waals surface area contributed by atoms with Crippen LogP contribution in [0.15, 0.2) is 18.3 Å². The summed E-state index contributed by atoms with van der Waals surface area (Å²) >= 11 is 0. The van der Waals surface area contributed by atoms with E-state index in [4.69, 9.17) is 11.6 Å². The van der Waals surface area contributed by atoms with E-state index in [1.54, 1.807) is 12.1 Å². The minimum atomic E-state index is -0.367. The van der Waals surface area contributed by atoms with E-state index in [9.17, 15) is 9.59 Å². The van der Waals surface area contributed by atoms with E-state index in [1.165, 1.54) is 6.20 Å². The van der Waals surface area contributed by atoms with Gasteiger partial charge in [-0.2, -0.15) is 0 Å². The van der Waals surface area contributed by atoms with Crippen LogP contribution in [-0.4, -0.2) is 34.8 Å². The molecule has 2 heterocycles. The van der Waals surface area contributed by atoms with E-state index in [1.807, 2.05) is 0 Å². The summed E-state index contributed by atoms with van der Waals surface area (Å²) in [4.78, 5) is 28.7. The molecule has 7 nitrogen and oxygen atoms in total. The lowest BCUT2D eigenvalue weighted by atomic mass is 10.1. The molecule has 1 saturated heterocycles. The Labute approximate surface area is 110 Å². The molecule has 1 fully saturated rings. The molecule has 2 rings (SSSR count). The van der Waals surface area contributed by atoms with Gasteiger partial charge in [0, 0.05) is 19.3 Å². The number of hydrogen-bond donors (Lipinski definition) is 3. The second-order valence-corrected chi connectivity index (χ2v) is 4.63. The first-order chi connectivity index (χ1) is 9.10. The number of nitrogens with two attached hydrogens (primary N) is 2. The molecule has 1 aromatic heterocycles. The molecule has 102 valence electrons. The maximum absolute atomic E-state index is 11.2. The fourth-order valence-electron chi connectivity index (χ4n) is 2.17. The molecular weight excluding hydrogens is 246 g/mol. The fraction of sp³-hybridized carbons (Fsp3) is 0.417. The summed E-state index contributed by atoms with van der Waals surface area (Å²) in [5, 5.41) is 0. The van der Waals surface area contributed by atoms with Crippen LogP contribution in [0.25, 0.3) is 0 Å². The van der Waals surface area contributed by atoms with Crippen LogP contribution in [0.2, 0.25) is 0 Å². The highest BCUT2D eigenvalue weighted by molar-refractivity contribution is 5.93. The van der Waals surface area contributed by atoms with Gasteiger partial charge >= 0.3 is 0 Å². The van der Waals surface area contributed by atoms with Gasteiger partial charge in [-0.3, -0.25) is 24.9 Å². The van der Waals surface area contributed by atoms with Gasteiger partial charge in [0.25, 0.3) is 5.91 Å². The number of carbonyl (C=O) groups excluding carboxylic acids is 2. The maximum Gasteiger partial charge on any atom is 0.266 e. The van der Waals surface area contributed by atoms with Crippen LogP contribution in [0.1, 0.15) is 22.5 Å². The second-order valence-electron chi connectivity index (χ2n) is 4.63. The number of hydrazine groups is 1. The van der Waals surface area contributed by atoms with Gasteiger partial charge in [0.2, 0.25) is 5.91 Å². The summed E-state index contributed by atoms with van der Waals surface area (Å²) in [6, 6.07) is 3.45. The Morgan fingerprint density at radius 2 is 2.26 bits per heavy atom. The number of primary amides is 1. The fourth-order valence-corrected chi connectivity index (χ4v) is 2.17. The van der Waals surface area contributed by atoms with Crippen LogP contribution in [0, 0.1) is 5.92 Å². The molecule has 2 amide bonds. The zero-order valence-corrected chi connectivity index (χ0v) is 10.5. The lowest BCUT2D eigenvalue weighted by Gasteiger charge is -2.14. The molecule has 5 N–H and O–H groups in total. The Kier molecular flexibility index (Phi) is 4.08. The van der Waals surface area contributed by atoms with Crippen molar-refractivity contribution in [2.24, 2.45) is 17.5 Å². The molecule has 1 aromatic rings. The summed E-state index contributed by atoms with van der Waals surface area (Å²) in [6.07, 6.45) is 2.28. The SMILES string of the molecule is NNC(=O)c1ccc(CN2CCC(C(N)=O)C2)nc1. The Bertz CT molecular complexity index is 474. The molecule has 0 saturated carbocycles. The average molecular weight is 263 g/mol. The van der Waals surface area contributed by atoms with Crippen LogP contribution >= 0.6 is 0 Å². The number of pyridine rings is 1. The van der Waals surface area contributed by atoms with E-state index < -0.39 is 0 Å². The Hall–Kier alpha value is -1.99. The van der Waals surface area contributed by atoms with Gasteiger partial charge in [-0.15, -0.1) is 0 Å². The van der Waals surface area contributed by atoms with Gasteiger partial charge < -0.3 is 5.73 Å². The third-order valence-electron chi connectivity index (χ3n) is 3.28. The van der Waals surface area contributed by atoms with Crippen molar-refractivity contribution < 1.29 is 9.59 Å². The van der Waals surface area contributed by atoms with Crippen LogP contribution in [0.5, 0.6) is 0 Å². The van der Waals surface area contributed by atoms with Gasteiger partial charge in [-0.1, -0.05) is 0 Å². The standard InChI is InChI=1S/C12H17N5O2/c13-11(18)9-3-4-17(6-9)7-10-2-1-8(5-15-10)12(19)16-14/h1-2,5,9H,3-4,6-7,14H2,(H2,13,18)(H,16,19). The maximum atomic E-state index is 11.2. The number of likely N-dealkylation sites (tertiary alicyclic amines) is 1. The van der Waals surface area contributed by atoms with Crippen molar-refractivity contribution >= 4 is 11.8 Å². The quantitative estimate of drug-likeness (QED) is 0.366. The van der Waals surface area contributed by atoms with Gasteiger partial charge in [0.15, 0.2) is 0 Å². The number of amides is 2. The number of rotatable bonds is 4. The monoisotopic (exact) mass is 263 g/mol. The largest absolute Gasteiger partial charge is 0.369 e. The number of nitrogen functional groups attached to an aromatic ring is 1. The first kappa shape index (κ1) is 13.4. The topological polar surface area (TPSA) is 114 Å². The van der Waals surface area contributed by atoms with Crippen molar-refractivity contribution in [1.29, 1.82) is 0 Å². The number of nitrogens with zero attached hydrogens (tertiary/aromatic N) is 2. The molecule has 19 heavy (non-hydrogen) atoms. The van der Waals surface area contributed by atoms with Crippen molar-refractivity contribution in [3.63, 3.8) is 0 Å². The molecule has 1 atom stereocenters. The Morgan fingerprint density at radius 1 is 1.47 bits per heavy atom. The first-order valence-electron chi connectivity index (χ1n) is 6.07. The average Bonchev–Trinajstić information content (AvgIpc) is 2.87. The van der Waals surface area contributed by atoms with Crippen LogP contribution in [-0.2, 0) is 11.3 Å². The van der Waals surface area contributed by atoms with Crippen molar-refractivity contribution in [1.82, 2.24) is 15.3 Å². The third kappa shape index (κ3) is 3.27. The molecule has 1 unspecified atom stereocenters. The Morgan fingerprint density at radius 3 is 2.79 bits per heavy atom. The van der Waals surface area contributed by atoms with Crippen LogP contribution in [0.3, 0.4) is 0 Å². The van der Waals surface area contributed by atoms with Gasteiger partial charge in [-0.05, 0) is 25.1 Å². The van der Waals surface area contributed by atoms with Crippen molar-refractivity contribution in [2.75, 3.05) is 13.1 Å². The van der Waals surface area contributed by atoms with Crippen molar-refractivity contribution in [3.05, 3.63) is 29.6 Å². The van der Waals surface area contributed by atoms with E-state index in [0.29, 0.717) is 18.7 Å². The number of aromatic nitrogens is 1. The van der Waals surface area contributed by atoms with E-state index >= 15 is 0 Å². The van der Waals surface area contributed by atoms with Crippen LogP contribution < -0.4 is 17.0 Å². The molecule has 0 spiro atoms. The summed E-state index contributed by atoms with van der Waals surface area (Å²) < 4.78 is 0.